The Balaban J connectivity index is 1.77. The van der Waals surface area contributed by atoms with E-state index < -0.39 is 6.10 Å². The number of rotatable bonds is 11. The van der Waals surface area contributed by atoms with Gasteiger partial charge in [0.2, 0.25) is 0 Å². The number of nitrogens with one attached hydrogen (secondary N) is 1. The highest BCUT2D eigenvalue weighted by atomic mass is 16.5. The molecule has 5 nitrogen and oxygen atoms in total. The van der Waals surface area contributed by atoms with Crippen molar-refractivity contribution in [2.45, 2.75) is 31.9 Å². The quantitative estimate of drug-likeness (QED) is 0.510. The number of aliphatic hydroxyl groups is 1. The molecule has 0 bridgehead atoms. The average Bonchev–Trinajstić information content (AvgIpc) is 2.26. The summed E-state index contributed by atoms with van der Waals surface area (Å²) in [6.45, 7) is 6.51. The lowest BCUT2D eigenvalue weighted by atomic mass is 10.2. The van der Waals surface area contributed by atoms with Gasteiger partial charge < -0.3 is 24.6 Å². The van der Waals surface area contributed by atoms with Crippen molar-refractivity contribution in [1.82, 2.24) is 5.32 Å². The van der Waals surface area contributed by atoms with Gasteiger partial charge in [0.25, 0.3) is 0 Å². The molecule has 1 heterocycles. The first-order chi connectivity index (χ1) is 8.33. The third-order valence-electron chi connectivity index (χ3n) is 2.60. The van der Waals surface area contributed by atoms with E-state index in [0.29, 0.717) is 32.4 Å². The van der Waals surface area contributed by atoms with Gasteiger partial charge >= 0.3 is 0 Å². The molecule has 0 aromatic carbocycles. The van der Waals surface area contributed by atoms with E-state index in [1.54, 1.807) is 0 Å². The van der Waals surface area contributed by atoms with Crippen LogP contribution in [0.1, 0.15) is 19.8 Å². The van der Waals surface area contributed by atoms with Gasteiger partial charge in [-0.1, -0.05) is 13.3 Å². The second-order valence-electron chi connectivity index (χ2n) is 4.34. The molecule has 0 saturated carbocycles. The number of aliphatic hydroxyl groups excluding tert-OH is 1. The second kappa shape index (κ2) is 9.79. The molecule has 1 aliphatic rings. The Morgan fingerprint density at radius 3 is 2.71 bits per heavy atom. The van der Waals surface area contributed by atoms with E-state index in [1.165, 1.54) is 0 Å². The summed E-state index contributed by atoms with van der Waals surface area (Å²) in [4.78, 5) is 0. The standard InChI is InChI=1S/C12H25NO4/c1-2-3-4-15-5-6-16-10-12(14)7-13-11-8-17-9-11/h11-14H,2-10H2,1H3. The molecule has 1 rings (SSSR count). The van der Waals surface area contributed by atoms with E-state index in [9.17, 15) is 5.11 Å². The van der Waals surface area contributed by atoms with Crippen LogP contribution in [0.15, 0.2) is 0 Å². The molecule has 102 valence electrons. The van der Waals surface area contributed by atoms with Crippen molar-refractivity contribution in [3.63, 3.8) is 0 Å². The Kier molecular flexibility index (Phi) is 8.56. The van der Waals surface area contributed by atoms with E-state index in [-0.39, 0.29) is 0 Å². The van der Waals surface area contributed by atoms with Crippen molar-refractivity contribution in [2.75, 3.05) is 46.2 Å². The Bertz CT molecular complexity index is 176. The molecule has 0 spiro atoms. The molecule has 1 saturated heterocycles. The van der Waals surface area contributed by atoms with Crippen LogP contribution in [0.5, 0.6) is 0 Å². The van der Waals surface area contributed by atoms with E-state index in [4.69, 9.17) is 14.2 Å². The van der Waals surface area contributed by atoms with Crippen LogP contribution in [-0.2, 0) is 14.2 Å². The fourth-order valence-corrected chi connectivity index (χ4v) is 1.40. The Labute approximate surface area is 103 Å². The van der Waals surface area contributed by atoms with Crippen molar-refractivity contribution in [3.8, 4) is 0 Å². The van der Waals surface area contributed by atoms with Crippen LogP contribution in [-0.4, -0.2) is 63.4 Å². The van der Waals surface area contributed by atoms with Gasteiger partial charge in [-0.2, -0.15) is 0 Å². The number of hydrogen-bond acceptors (Lipinski definition) is 5. The lowest BCUT2D eigenvalue weighted by molar-refractivity contribution is -0.0221. The van der Waals surface area contributed by atoms with Gasteiger partial charge in [0.05, 0.1) is 45.2 Å². The van der Waals surface area contributed by atoms with Crippen molar-refractivity contribution in [3.05, 3.63) is 0 Å². The van der Waals surface area contributed by atoms with Crippen molar-refractivity contribution < 1.29 is 19.3 Å². The molecule has 0 amide bonds. The molecule has 1 unspecified atom stereocenters. The monoisotopic (exact) mass is 247 g/mol. The Morgan fingerprint density at radius 1 is 1.29 bits per heavy atom. The first kappa shape index (κ1) is 14.9. The highest BCUT2D eigenvalue weighted by Gasteiger charge is 2.18. The molecule has 0 aromatic heterocycles. The zero-order valence-corrected chi connectivity index (χ0v) is 10.7. The summed E-state index contributed by atoms with van der Waals surface area (Å²) in [7, 11) is 0. The minimum atomic E-state index is -0.453. The molecule has 0 radical (unpaired) electrons. The minimum absolute atomic E-state index is 0.359. The summed E-state index contributed by atoms with van der Waals surface area (Å²) < 4.78 is 15.7. The van der Waals surface area contributed by atoms with Gasteiger partial charge in [0, 0.05) is 13.2 Å². The van der Waals surface area contributed by atoms with Gasteiger partial charge in [0.15, 0.2) is 0 Å². The predicted molar refractivity (Wildman–Crippen MR) is 65.2 cm³/mol. The van der Waals surface area contributed by atoms with Crippen LogP contribution in [0, 0.1) is 0 Å². The van der Waals surface area contributed by atoms with E-state index >= 15 is 0 Å². The van der Waals surface area contributed by atoms with E-state index in [1.807, 2.05) is 0 Å². The molecule has 0 aromatic rings. The van der Waals surface area contributed by atoms with Crippen molar-refractivity contribution in [2.24, 2.45) is 0 Å². The topological polar surface area (TPSA) is 60.0 Å². The zero-order chi connectivity index (χ0) is 12.3. The highest BCUT2D eigenvalue weighted by Crippen LogP contribution is 1.99. The van der Waals surface area contributed by atoms with Crippen molar-refractivity contribution >= 4 is 0 Å². The van der Waals surface area contributed by atoms with Crippen LogP contribution in [0.4, 0.5) is 0 Å². The molecule has 17 heavy (non-hydrogen) atoms. The lowest BCUT2D eigenvalue weighted by Crippen LogP contribution is -2.49. The molecule has 1 aliphatic heterocycles. The van der Waals surface area contributed by atoms with E-state index in [2.05, 4.69) is 12.2 Å². The summed E-state index contributed by atoms with van der Waals surface area (Å²) in [5.41, 5.74) is 0. The summed E-state index contributed by atoms with van der Waals surface area (Å²) in [5, 5.41) is 12.8. The summed E-state index contributed by atoms with van der Waals surface area (Å²) in [6.07, 6.45) is 1.79. The van der Waals surface area contributed by atoms with Crippen LogP contribution in [0.3, 0.4) is 0 Å². The maximum atomic E-state index is 9.59. The van der Waals surface area contributed by atoms with Gasteiger partial charge in [-0.15, -0.1) is 0 Å². The fraction of sp³-hybridized carbons (Fsp3) is 1.00. The van der Waals surface area contributed by atoms with E-state index in [0.717, 1.165) is 32.7 Å². The van der Waals surface area contributed by atoms with Crippen molar-refractivity contribution in [1.29, 1.82) is 0 Å². The predicted octanol–water partition coefficient (Wildman–Crippen LogP) is 0.169. The Hall–Kier alpha value is -0.200. The minimum Gasteiger partial charge on any atom is -0.389 e. The molecule has 1 atom stereocenters. The third kappa shape index (κ3) is 7.68. The average molecular weight is 247 g/mol. The number of unbranched alkanes of at least 4 members (excludes halogenated alkanes) is 1. The Morgan fingerprint density at radius 2 is 2.06 bits per heavy atom. The second-order valence-corrected chi connectivity index (χ2v) is 4.34. The van der Waals surface area contributed by atoms with Gasteiger partial charge in [-0.25, -0.2) is 0 Å². The van der Waals surface area contributed by atoms with Gasteiger partial charge in [0.1, 0.15) is 0 Å². The molecule has 0 aliphatic carbocycles. The molecule has 2 N–H and O–H groups in total. The lowest BCUT2D eigenvalue weighted by Gasteiger charge is -2.27. The largest absolute Gasteiger partial charge is 0.389 e. The smallest absolute Gasteiger partial charge is 0.0897 e. The maximum absolute atomic E-state index is 9.59. The van der Waals surface area contributed by atoms with Crippen LogP contribution in [0.2, 0.25) is 0 Å². The maximum Gasteiger partial charge on any atom is 0.0897 e. The van der Waals surface area contributed by atoms with Gasteiger partial charge in [-0.05, 0) is 6.42 Å². The van der Waals surface area contributed by atoms with Gasteiger partial charge in [-0.3, -0.25) is 0 Å². The summed E-state index contributed by atoms with van der Waals surface area (Å²) in [5.74, 6) is 0. The highest BCUT2D eigenvalue weighted by molar-refractivity contribution is 4.74. The zero-order valence-electron chi connectivity index (χ0n) is 10.7. The number of hydrogen-bond donors (Lipinski definition) is 2. The summed E-state index contributed by atoms with van der Waals surface area (Å²) >= 11 is 0. The SMILES string of the molecule is CCCCOCCOCC(O)CNC1COC1. The summed E-state index contributed by atoms with van der Waals surface area (Å²) in [6, 6.07) is 0.405. The molecule has 5 heteroatoms. The fourth-order valence-electron chi connectivity index (χ4n) is 1.40. The first-order valence-electron chi connectivity index (χ1n) is 6.47. The molecular formula is C12H25NO4. The van der Waals surface area contributed by atoms with Crippen LogP contribution >= 0.6 is 0 Å². The first-order valence-corrected chi connectivity index (χ1v) is 6.47. The molecular weight excluding hydrogens is 222 g/mol. The molecule has 1 fully saturated rings. The third-order valence-corrected chi connectivity index (χ3v) is 2.60. The number of ether oxygens (including phenoxy) is 3. The van der Waals surface area contributed by atoms with Crippen LogP contribution < -0.4 is 5.32 Å². The normalized spacial score (nSPS) is 18.0. The van der Waals surface area contributed by atoms with Crippen LogP contribution in [0.25, 0.3) is 0 Å².